The van der Waals surface area contributed by atoms with Crippen molar-refractivity contribution < 1.29 is 23.1 Å². The fraction of sp³-hybridized carbons (Fsp3) is 0.364. The van der Waals surface area contributed by atoms with Gasteiger partial charge in [-0.1, -0.05) is 11.6 Å². The fourth-order valence-electron chi connectivity index (χ4n) is 1.30. The summed E-state index contributed by atoms with van der Waals surface area (Å²) in [7, 11) is -2.74. The molecule has 0 aliphatic rings. The molecule has 0 aromatic heterocycles. The topological polar surface area (TPSA) is 92.7 Å². The molecule has 1 aromatic carbocycles. The molecule has 0 atom stereocenters. The van der Waals surface area contributed by atoms with Crippen molar-refractivity contribution >= 4 is 27.6 Å². The predicted molar refractivity (Wildman–Crippen MR) is 70.0 cm³/mol. The fourth-order valence-corrected chi connectivity index (χ4v) is 2.98. The van der Waals surface area contributed by atoms with Gasteiger partial charge in [0, 0.05) is 11.1 Å². The Labute approximate surface area is 116 Å². The van der Waals surface area contributed by atoms with Gasteiger partial charge in [-0.15, -0.1) is 0 Å². The highest BCUT2D eigenvalue weighted by molar-refractivity contribution is 7.89. The van der Waals surface area contributed by atoms with E-state index in [4.69, 9.17) is 21.4 Å². The number of rotatable bonds is 5. The number of methoxy groups -OCH3 is 1. The third-order valence-electron chi connectivity index (χ3n) is 2.34. The number of nitrogens with one attached hydrogen (secondary N) is 1. The Morgan fingerprint density at radius 2 is 2.00 bits per heavy atom. The number of carboxylic acid groups (broad SMARTS) is 1. The van der Waals surface area contributed by atoms with Crippen LogP contribution in [0.4, 0.5) is 0 Å². The molecular weight excluding hydrogens is 294 g/mol. The van der Waals surface area contributed by atoms with E-state index in [9.17, 15) is 13.2 Å². The van der Waals surface area contributed by atoms with Gasteiger partial charge in [0.15, 0.2) is 0 Å². The third-order valence-corrected chi connectivity index (χ3v) is 4.27. The molecule has 0 fully saturated rings. The Hall–Kier alpha value is -1.31. The van der Waals surface area contributed by atoms with Crippen molar-refractivity contribution in [2.24, 2.45) is 0 Å². The van der Waals surface area contributed by atoms with Gasteiger partial charge in [-0.05, 0) is 26.0 Å². The van der Waals surface area contributed by atoms with Gasteiger partial charge in [-0.2, -0.15) is 4.72 Å². The maximum atomic E-state index is 12.1. The Kier molecular flexibility index (Phi) is 4.44. The van der Waals surface area contributed by atoms with Gasteiger partial charge in [-0.3, -0.25) is 4.79 Å². The van der Waals surface area contributed by atoms with E-state index in [2.05, 4.69) is 4.72 Å². The molecule has 0 saturated carbocycles. The van der Waals surface area contributed by atoms with E-state index in [-0.39, 0.29) is 10.6 Å². The van der Waals surface area contributed by atoms with E-state index in [0.717, 1.165) is 0 Å². The van der Waals surface area contributed by atoms with E-state index in [0.29, 0.717) is 5.02 Å². The van der Waals surface area contributed by atoms with Crippen LogP contribution in [0, 0.1) is 0 Å². The summed E-state index contributed by atoms with van der Waals surface area (Å²) in [4.78, 5) is 10.8. The zero-order valence-corrected chi connectivity index (χ0v) is 12.2. The standard InChI is InChI=1S/C11H14ClNO5S/c1-11(2,10(14)15)13-19(16,17)9-5-4-7(12)6-8(9)18-3/h4-6,13H,1-3H3,(H,14,15). The molecule has 0 unspecified atom stereocenters. The zero-order valence-electron chi connectivity index (χ0n) is 10.6. The van der Waals surface area contributed by atoms with Crippen LogP contribution in [-0.4, -0.2) is 32.1 Å². The molecule has 0 aliphatic carbocycles. The number of aliphatic carboxylic acids is 1. The van der Waals surface area contributed by atoms with Crippen LogP contribution in [0.1, 0.15) is 13.8 Å². The first-order valence-corrected chi connectivity index (χ1v) is 7.07. The normalized spacial score (nSPS) is 12.2. The van der Waals surface area contributed by atoms with Gasteiger partial charge in [0.2, 0.25) is 10.0 Å². The highest BCUT2D eigenvalue weighted by atomic mass is 35.5. The lowest BCUT2D eigenvalue weighted by atomic mass is 10.1. The molecule has 6 nitrogen and oxygen atoms in total. The lowest BCUT2D eigenvalue weighted by molar-refractivity contribution is -0.142. The van der Waals surface area contributed by atoms with Crippen LogP contribution in [-0.2, 0) is 14.8 Å². The molecule has 1 rings (SSSR count). The molecule has 0 aliphatic heterocycles. The minimum Gasteiger partial charge on any atom is -0.495 e. The third kappa shape index (κ3) is 3.59. The van der Waals surface area contributed by atoms with Gasteiger partial charge in [0.1, 0.15) is 16.2 Å². The molecule has 2 N–H and O–H groups in total. The van der Waals surface area contributed by atoms with Crippen molar-refractivity contribution in [3.8, 4) is 5.75 Å². The Morgan fingerprint density at radius 1 is 1.42 bits per heavy atom. The van der Waals surface area contributed by atoms with Crippen molar-refractivity contribution in [3.63, 3.8) is 0 Å². The van der Waals surface area contributed by atoms with Crippen molar-refractivity contribution in [2.75, 3.05) is 7.11 Å². The molecule has 0 heterocycles. The van der Waals surface area contributed by atoms with Gasteiger partial charge in [-0.25, -0.2) is 8.42 Å². The van der Waals surface area contributed by atoms with E-state index < -0.39 is 21.5 Å². The average Bonchev–Trinajstić information content (AvgIpc) is 2.26. The maximum Gasteiger partial charge on any atom is 0.324 e. The molecule has 0 amide bonds. The number of sulfonamides is 1. The summed E-state index contributed by atoms with van der Waals surface area (Å²) < 4.78 is 31.3. The van der Waals surface area contributed by atoms with Crippen LogP contribution in [0.15, 0.2) is 23.1 Å². The minimum atomic E-state index is -4.04. The quantitative estimate of drug-likeness (QED) is 0.859. The van der Waals surface area contributed by atoms with E-state index in [1.807, 2.05) is 0 Å². The van der Waals surface area contributed by atoms with Gasteiger partial charge >= 0.3 is 5.97 Å². The molecular formula is C11H14ClNO5S. The van der Waals surface area contributed by atoms with Gasteiger partial charge in [0.05, 0.1) is 7.11 Å². The molecule has 0 radical (unpaired) electrons. The monoisotopic (exact) mass is 307 g/mol. The Balaban J connectivity index is 3.25. The molecule has 19 heavy (non-hydrogen) atoms. The molecule has 0 saturated heterocycles. The average molecular weight is 308 g/mol. The molecule has 8 heteroatoms. The lowest BCUT2D eigenvalue weighted by Crippen LogP contribution is -2.49. The number of halogens is 1. The number of carbonyl (C=O) groups is 1. The van der Waals surface area contributed by atoms with Crippen LogP contribution in [0.25, 0.3) is 0 Å². The zero-order chi connectivity index (χ0) is 14.8. The summed E-state index contributed by atoms with van der Waals surface area (Å²) in [5, 5.41) is 9.26. The minimum absolute atomic E-state index is 0.0428. The summed E-state index contributed by atoms with van der Waals surface area (Å²) in [6.07, 6.45) is 0. The Bertz CT molecular complexity index is 597. The van der Waals surface area contributed by atoms with Crippen LogP contribution in [0.2, 0.25) is 5.02 Å². The second-order valence-electron chi connectivity index (χ2n) is 4.33. The summed E-state index contributed by atoms with van der Waals surface area (Å²) in [5.74, 6) is -1.25. The summed E-state index contributed by atoms with van der Waals surface area (Å²) >= 11 is 5.74. The number of hydrogen-bond acceptors (Lipinski definition) is 4. The maximum absolute atomic E-state index is 12.1. The number of carboxylic acids is 1. The first-order valence-electron chi connectivity index (χ1n) is 5.21. The highest BCUT2D eigenvalue weighted by Gasteiger charge is 2.34. The lowest BCUT2D eigenvalue weighted by Gasteiger charge is -2.21. The number of benzene rings is 1. The summed E-state index contributed by atoms with van der Waals surface area (Å²) in [6.45, 7) is 2.49. The molecule has 106 valence electrons. The van der Waals surface area contributed by atoms with Gasteiger partial charge < -0.3 is 9.84 Å². The summed E-state index contributed by atoms with van der Waals surface area (Å²) in [6, 6.07) is 3.97. The SMILES string of the molecule is COc1cc(Cl)ccc1S(=O)(=O)NC(C)(C)C(=O)O. The van der Waals surface area contributed by atoms with Crippen LogP contribution in [0.3, 0.4) is 0 Å². The van der Waals surface area contributed by atoms with Crippen molar-refractivity contribution in [1.82, 2.24) is 4.72 Å². The first-order chi connectivity index (χ1) is 8.60. The largest absolute Gasteiger partial charge is 0.495 e. The second kappa shape index (κ2) is 5.36. The van der Waals surface area contributed by atoms with Crippen LogP contribution < -0.4 is 9.46 Å². The smallest absolute Gasteiger partial charge is 0.324 e. The highest BCUT2D eigenvalue weighted by Crippen LogP contribution is 2.27. The van der Waals surface area contributed by atoms with Gasteiger partial charge in [0.25, 0.3) is 0 Å². The molecule has 0 spiro atoms. The number of hydrogen-bond donors (Lipinski definition) is 2. The number of ether oxygens (including phenoxy) is 1. The van der Waals surface area contributed by atoms with Crippen molar-refractivity contribution in [3.05, 3.63) is 23.2 Å². The second-order valence-corrected chi connectivity index (χ2v) is 6.42. The van der Waals surface area contributed by atoms with Crippen molar-refractivity contribution in [2.45, 2.75) is 24.3 Å². The molecule has 0 bridgehead atoms. The Morgan fingerprint density at radius 3 is 2.47 bits per heavy atom. The molecule has 1 aromatic rings. The summed E-state index contributed by atoms with van der Waals surface area (Å²) in [5.41, 5.74) is -1.64. The first kappa shape index (κ1) is 15.7. The van der Waals surface area contributed by atoms with E-state index >= 15 is 0 Å². The van der Waals surface area contributed by atoms with Crippen molar-refractivity contribution in [1.29, 1.82) is 0 Å². The van der Waals surface area contributed by atoms with Crippen LogP contribution in [0.5, 0.6) is 5.75 Å². The van der Waals surface area contributed by atoms with E-state index in [1.54, 1.807) is 0 Å². The van der Waals surface area contributed by atoms with E-state index in [1.165, 1.54) is 39.2 Å². The van der Waals surface area contributed by atoms with Crippen LogP contribution >= 0.6 is 11.6 Å². The predicted octanol–water partition coefficient (Wildman–Crippen LogP) is 1.49.